The highest BCUT2D eigenvalue weighted by molar-refractivity contribution is 9.09. The Morgan fingerprint density at radius 3 is 2.41 bits per heavy atom. The quantitative estimate of drug-likeness (QED) is 0.746. The molecule has 2 aliphatic heterocycles. The van der Waals surface area contributed by atoms with E-state index in [1.807, 2.05) is 6.92 Å². The molecule has 2 aliphatic rings. The largest absolute Gasteiger partial charge is 0.350 e. The fourth-order valence-corrected chi connectivity index (χ4v) is 4.18. The SMILES string of the molecule is Cc1cc(N2C3CCC2CC(Br)C3)nc(C)n1. The van der Waals surface area contributed by atoms with E-state index in [0.717, 1.165) is 17.3 Å². The first-order chi connectivity index (χ1) is 8.13. The van der Waals surface area contributed by atoms with Crippen LogP contribution in [0.25, 0.3) is 0 Å². The van der Waals surface area contributed by atoms with Gasteiger partial charge in [0.25, 0.3) is 0 Å². The molecule has 4 heteroatoms. The van der Waals surface area contributed by atoms with Gasteiger partial charge in [-0.3, -0.25) is 0 Å². The Hall–Kier alpha value is -0.640. The summed E-state index contributed by atoms with van der Waals surface area (Å²) in [7, 11) is 0. The predicted octanol–water partition coefficient (Wildman–Crippen LogP) is 2.99. The summed E-state index contributed by atoms with van der Waals surface area (Å²) >= 11 is 3.78. The molecular weight excluding hydrogens is 278 g/mol. The van der Waals surface area contributed by atoms with Crippen molar-refractivity contribution in [3.8, 4) is 0 Å². The van der Waals surface area contributed by atoms with Crippen molar-refractivity contribution < 1.29 is 0 Å². The standard InChI is InChI=1S/C13H18BrN3/c1-8-5-13(16-9(2)15-8)17-11-3-4-12(17)7-10(14)6-11/h5,10-12H,3-4,6-7H2,1-2H3. The highest BCUT2D eigenvalue weighted by Gasteiger charge is 2.40. The normalized spacial score (nSPS) is 31.9. The summed E-state index contributed by atoms with van der Waals surface area (Å²) in [6.07, 6.45) is 5.13. The Kier molecular flexibility index (Phi) is 2.85. The molecule has 3 heterocycles. The molecule has 0 spiro atoms. The molecule has 92 valence electrons. The van der Waals surface area contributed by atoms with E-state index >= 15 is 0 Å². The Balaban J connectivity index is 1.94. The number of hydrogen-bond donors (Lipinski definition) is 0. The van der Waals surface area contributed by atoms with E-state index in [4.69, 9.17) is 0 Å². The van der Waals surface area contributed by atoms with Crippen molar-refractivity contribution in [2.75, 3.05) is 4.90 Å². The van der Waals surface area contributed by atoms with Gasteiger partial charge in [-0.1, -0.05) is 15.9 Å². The molecule has 2 fully saturated rings. The van der Waals surface area contributed by atoms with E-state index in [1.165, 1.54) is 25.7 Å². The molecule has 0 saturated carbocycles. The summed E-state index contributed by atoms with van der Waals surface area (Å²) in [6, 6.07) is 3.48. The van der Waals surface area contributed by atoms with Crippen LogP contribution in [-0.4, -0.2) is 26.9 Å². The van der Waals surface area contributed by atoms with Crippen LogP contribution >= 0.6 is 15.9 Å². The summed E-state index contributed by atoms with van der Waals surface area (Å²) in [5, 5.41) is 0. The van der Waals surface area contributed by atoms with Gasteiger partial charge in [0.15, 0.2) is 0 Å². The third kappa shape index (κ3) is 2.07. The zero-order chi connectivity index (χ0) is 12.0. The number of halogens is 1. The lowest BCUT2D eigenvalue weighted by Crippen LogP contribution is -2.43. The highest BCUT2D eigenvalue weighted by Crippen LogP contribution is 2.40. The van der Waals surface area contributed by atoms with Gasteiger partial charge in [-0.15, -0.1) is 0 Å². The fourth-order valence-electron chi connectivity index (χ4n) is 3.31. The number of anilines is 1. The molecule has 2 bridgehead atoms. The first kappa shape index (κ1) is 11.5. The van der Waals surface area contributed by atoms with Crippen molar-refractivity contribution >= 4 is 21.7 Å². The molecule has 17 heavy (non-hydrogen) atoms. The predicted molar refractivity (Wildman–Crippen MR) is 72.7 cm³/mol. The monoisotopic (exact) mass is 295 g/mol. The number of aromatic nitrogens is 2. The molecule has 1 aromatic rings. The second-order valence-electron chi connectivity index (χ2n) is 5.28. The molecule has 0 amide bonds. The average Bonchev–Trinajstić information content (AvgIpc) is 2.50. The number of piperidine rings is 1. The summed E-state index contributed by atoms with van der Waals surface area (Å²) in [6.45, 7) is 4.03. The second-order valence-corrected chi connectivity index (χ2v) is 6.57. The van der Waals surface area contributed by atoms with Crippen LogP contribution in [-0.2, 0) is 0 Å². The van der Waals surface area contributed by atoms with Crippen molar-refractivity contribution in [3.05, 3.63) is 17.6 Å². The maximum atomic E-state index is 4.62. The number of rotatable bonds is 1. The van der Waals surface area contributed by atoms with Crippen LogP contribution in [0.4, 0.5) is 5.82 Å². The topological polar surface area (TPSA) is 29.0 Å². The summed E-state index contributed by atoms with van der Waals surface area (Å²) in [5.74, 6) is 2.03. The Morgan fingerprint density at radius 2 is 1.82 bits per heavy atom. The molecule has 0 aliphatic carbocycles. The van der Waals surface area contributed by atoms with E-state index < -0.39 is 0 Å². The molecule has 3 nitrogen and oxygen atoms in total. The number of fused-ring (bicyclic) bond motifs is 2. The first-order valence-corrected chi connectivity index (χ1v) is 7.30. The van der Waals surface area contributed by atoms with Gasteiger partial charge in [-0.25, -0.2) is 9.97 Å². The van der Waals surface area contributed by atoms with Gasteiger partial charge < -0.3 is 4.90 Å². The summed E-state index contributed by atoms with van der Waals surface area (Å²) in [4.78, 5) is 12.2. The van der Waals surface area contributed by atoms with E-state index in [0.29, 0.717) is 16.9 Å². The minimum atomic E-state index is 0.673. The molecule has 2 unspecified atom stereocenters. The number of alkyl halides is 1. The maximum absolute atomic E-state index is 4.62. The molecule has 0 aromatic carbocycles. The molecule has 2 atom stereocenters. The molecule has 3 rings (SSSR count). The van der Waals surface area contributed by atoms with Crippen molar-refractivity contribution in [2.24, 2.45) is 0 Å². The highest BCUT2D eigenvalue weighted by atomic mass is 79.9. The van der Waals surface area contributed by atoms with E-state index in [9.17, 15) is 0 Å². The molecule has 1 aromatic heterocycles. The van der Waals surface area contributed by atoms with Gasteiger partial charge in [-0.2, -0.15) is 0 Å². The van der Waals surface area contributed by atoms with Gasteiger partial charge in [0, 0.05) is 28.7 Å². The van der Waals surface area contributed by atoms with Crippen LogP contribution in [0.3, 0.4) is 0 Å². The van der Waals surface area contributed by atoms with Gasteiger partial charge >= 0.3 is 0 Å². The third-order valence-corrected chi connectivity index (χ3v) is 4.64. The number of aryl methyl sites for hydroxylation is 2. The van der Waals surface area contributed by atoms with Crippen LogP contribution in [0.1, 0.15) is 37.2 Å². The minimum Gasteiger partial charge on any atom is -0.350 e. The van der Waals surface area contributed by atoms with Crippen molar-refractivity contribution in [1.82, 2.24) is 9.97 Å². The van der Waals surface area contributed by atoms with Crippen LogP contribution in [0.5, 0.6) is 0 Å². The summed E-state index contributed by atoms with van der Waals surface area (Å²) in [5.41, 5.74) is 1.08. The van der Waals surface area contributed by atoms with Gasteiger partial charge in [0.05, 0.1) is 0 Å². The smallest absolute Gasteiger partial charge is 0.133 e. The zero-order valence-corrected chi connectivity index (χ0v) is 11.9. The zero-order valence-electron chi connectivity index (χ0n) is 10.4. The number of nitrogens with zero attached hydrogens (tertiary/aromatic N) is 3. The molecular formula is C13H18BrN3. The Bertz CT molecular complexity index is 400. The van der Waals surface area contributed by atoms with E-state index in [2.05, 4.69) is 43.8 Å². The lowest BCUT2D eigenvalue weighted by Gasteiger charge is -2.38. The Labute approximate surface area is 111 Å². The third-order valence-electron chi connectivity index (χ3n) is 3.89. The van der Waals surface area contributed by atoms with E-state index in [-0.39, 0.29) is 0 Å². The van der Waals surface area contributed by atoms with Gasteiger partial charge in [0.2, 0.25) is 0 Å². The molecule has 0 radical (unpaired) electrons. The van der Waals surface area contributed by atoms with Crippen molar-refractivity contribution in [2.45, 2.75) is 56.4 Å². The van der Waals surface area contributed by atoms with Crippen LogP contribution in [0.15, 0.2) is 6.07 Å². The first-order valence-electron chi connectivity index (χ1n) is 6.38. The van der Waals surface area contributed by atoms with E-state index in [1.54, 1.807) is 0 Å². The van der Waals surface area contributed by atoms with Gasteiger partial charge in [0.1, 0.15) is 11.6 Å². The lowest BCUT2D eigenvalue weighted by molar-refractivity contribution is 0.478. The molecule has 0 N–H and O–H groups in total. The number of hydrogen-bond acceptors (Lipinski definition) is 3. The molecule has 2 saturated heterocycles. The van der Waals surface area contributed by atoms with Gasteiger partial charge in [-0.05, 0) is 39.5 Å². The van der Waals surface area contributed by atoms with Crippen LogP contribution < -0.4 is 4.90 Å². The van der Waals surface area contributed by atoms with Crippen LogP contribution in [0.2, 0.25) is 0 Å². The summed E-state index contributed by atoms with van der Waals surface area (Å²) < 4.78 is 0. The average molecular weight is 296 g/mol. The lowest BCUT2D eigenvalue weighted by atomic mass is 10.0. The van der Waals surface area contributed by atoms with Crippen molar-refractivity contribution in [3.63, 3.8) is 0 Å². The minimum absolute atomic E-state index is 0.673. The van der Waals surface area contributed by atoms with Crippen LogP contribution in [0, 0.1) is 13.8 Å². The maximum Gasteiger partial charge on any atom is 0.133 e. The fraction of sp³-hybridized carbons (Fsp3) is 0.692. The Morgan fingerprint density at radius 1 is 1.18 bits per heavy atom. The second kappa shape index (κ2) is 4.23. The van der Waals surface area contributed by atoms with Crippen molar-refractivity contribution in [1.29, 1.82) is 0 Å².